The zero-order valence-electron chi connectivity index (χ0n) is 11.4. The van der Waals surface area contributed by atoms with Crippen LogP contribution in [0.25, 0.3) is 10.4 Å². The summed E-state index contributed by atoms with van der Waals surface area (Å²) in [6.45, 7) is 4.90. The highest BCUT2D eigenvalue weighted by atomic mass is 19.1. The van der Waals surface area contributed by atoms with Crippen molar-refractivity contribution >= 4 is 5.97 Å². The van der Waals surface area contributed by atoms with E-state index in [1.54, 1.807) is 20.8 Å². The number of aliphatic hydroxyl groups excluding tert-OH is 1. The minimum Gasteiger partial charge on any atom is -0.460 e. The Labute approximate surface area is 115 Å². The normalized spacial score (nSPS) is 14.1. The lowest BCUT2D eigenvalue weighted by atomic mass is 10.0. The summed E-state index contributed by atoms with van der Waals surface area (Å²) in [5, 5.41) is 13.3. The third-order valence-corrected chi connectivity index (χ3v) is 2.35. The summed E-state index contributed by atoms with van der Waals surface area (Å²) in [4.78, 5) is 14.4. The lowest BCUT2D eigenvalue weighted by molar-refractivity contribution is -0.159. The van der Waals surface area contributed by atoms with Crippen LogP contribution in [0.4, 0.5) is 4.39 Å². The number of carbonyl (C=O) groups excluding carboxylic acids is 1. The molecule has 1 aromatic carbocycles. The molecule has 1 aromatic rings. The van der Waals surface area contributed by atoms with Crippen LogP contribution >= 0.6 is 0 Å². The van der Waals surface area contributed by atoms with Crippen molar-refractivity contribution < 1.29 is 19.0 Å². The van der Waals surface area contributed by atoms with E-state index in [1.807, 2.05) is 0 Å². The summed E-state index contributed by atoms with van der Waals surface area (Å²) < 4.78 is 18.6. The number of benzene rings is 1. The standard InChI is InChI=1S/C13H16FN3O3/c1-13(2,3)20-12(19)10(16-17-15)11(18)8-6-4-5-7-9(8)14/h4-7,10-11,18H,1-3H3/t10-,11+/m1/s1. The zero-order valence-corrected chi connectivity index (χ0v) is 11.4. The Bertz CT molecular complexity index is 536. The molecule has 7 heteroatoms. The van der Waals surface area contributed by atoms with Gasteiger partial charge in [-0.3, -0.25) is 4.79 Å². The molecular formula is C13H16FN3O3. The second-order valence-corrected chi connectivity index (χ2v) is 5.15. The van der Waals surface area contributed by atoms with Gasteiger partial charge in [-0.05, 0) is 32.4 Å². The summed E-state index contributed by atoms with van der Waals surface area (Å²) in [6, 6.07) is 3.85. The molecule has 108 valence electrons. The fourth-order valence-electron chi connectivity index (χ4n) is 1.54. The Balaban J connectivity index is 3.05. The Kier molecular flexibility index (Phi) is 5.07. The van der Waals surface area contributed by atoms with E-state index in [9.17, 15) is 14.3 Å². The van der Waals surface area contributed by atoms with Gasteiger partial charge < -0.3 is 9.84 Å². The lowest BCUT2D eigenvalue weighted by Gasteiger charge is -2.24. The van der Waals surface area contributed by atoms with Crippen molar-refractivity contribution in [2.24, 2.45) is 5.11 Å². The number of hydrogen-bond acceptors (Lipinski definition) is 4. The second kappa shape index (κ2) is 6.36. The van der Waals surface area contributed by atoms with Crippen molar-refractivity contribution in [3.05, 3.63) is 46.1 Å². The van der Waals surface area contributed by atoms with E-state index in [1.165, 1.54) is 18.2 Å². The van der Waals surface area contributed by atoms with Gasteiger partial charge in [-0.25, -0.2) is 4.39 Å². The van der Waals surface area contributed by atoms with Gasteiger partial charge in [0.25, 0.3) is 0 Å². The molecule has 0 radical (unpaired) electrons. The zero-order chi connectivity index (χ0) is 15.3. The van der Waals surface area contributed by atoms with E-state index in [2.05, 4.69) is 10.0 Å². The minimum absolute atomic E-state index is 0.129. The van der Waals surface area contributed by atoms with Gasteiger partial charge in [0, 0.05) is 10.5 Å². The maximum Gasteiger partial charge on any atom is 0.318 e. The van der Waals surface area contributed by atoms with Crippen molar-refractivity contribution in [1.29, 1.82) is 0 Å². The van der Waals surface area contributed by atoms with E-state index in [-0.39, 0.29) is 5.56 Å². The van der Waals surface area contributed by atoms with Gasteiger partial charge in [0.05, 0.1) is 0 Å². The molecule has 1 rings (SSSR count). The van der Waals surface area contributed by atoms with Crippen molar-refractivity contribution in [2.75, 3.05) is 0 Å². The summed E-state index contributed by atoms with van der Waals surface area (Å²) in [6.07, 6.45) is -1.61. The van der Waals surface area contributed by atoms with Crippen LogP contribution < -0.4 is 0 Å². The number of rotatable bonds is 4. The van der Waals surface area contributed by atoms with Crippen LogP contribution in [0, 0.1) is 5.82 Å². The van der Waals surface area contributed by atoms with Crippen LogP contribution in [0.3, 0.4) is 0 Å². The Morgan fingerprint density at radius 3 is 2.55 bits per heavy atom. The van der Waals surface area contributed by atoms with Gasteiger partial charge in [-0.15, -0.1) is 0 Å². The monoisotopic (exact) mass is 281 g/mol. The van der Waals surface area contributed by atoms with E-state index < -0.39 is 29.5 Å². The fourth-order valence-corrected chi connectivity index (χ4v) is 1.54. The highest BCUT2D eigenvalue weighted by molar-refractivity contribution is 5.77. The third kappa shape index (κ3) is 4.22. The predicted octanol–water partition coefficient (Wildman–Crippen LogP) is 2.88. The highest BCUT2D eigenvalue weighted by Gasteiger charge is 2.32. The molecule has 2 atom stereocenters. The fraction of sp³-hybridized carbons (Fsp3) is 0.462. The van der Waals surface area contributed by atoms with Crippen LogP contribution in [-0.4, -0.2) is 22.7 Å². The second-order valence-electron chi connectivity index (χ2n) is 5.15. The number of halogens is 1. The first-order valence-corrected chi connectivity index (χ1v) is 5.96. The molecule has 1 N–H and O–H groups in total. The van der Waals surface area contributed by atoms with Crippen molar-refractivity contribution in [2.45, 2.75) is 38.5 Å². The maximum atomic E-state index is 13.6. The average Bonchev–Trinajstić information content (AvgIpc) is 2.33. The van der Waals surface area contributed by atoms with Crippen LogP contribution in [-0.2, 0) is 9.53 Å². The minimum atomic E-state index is -1.61. The van der Waals surface area contributed by atoms with Crippen molar-refractivity contribution in [3.8, 4) is 0 Å². The first kappa shape index (κ1) is 15.9. The molecule has 0 aromatic heterocycles. The number of aliphatic hydroxyl groups is 1. The summed E-state index contributed by atoms with van der Waals surface area (Å²) in [5.41, 5.74) is 7.56. The molecule has 0 amide bonds. The first-order chi connectivity index (χ1) is 9.26. The SMILES string of the molecule is CC(C)(C)OC(=O)[C@H](N=[N+]=[N-])[C@@H](O)c1ccccc1F. The van der Waals surface area contributed by atoms with Crippen LogP contribution in [0.5, 0.6) is 0 Å². The van der Waals surface area contributed by atoms with Crippen LogP contribution in [0.2, 0.25) is 0 Å². The molecule has 0 saturated heterocycles. The van der Waals surface area contributed by atoms with Gasteiger partial charge in [-0.1, -0.05) is 23.3 Å². The molecule has 0 aliphatic heterocycles. The Hall–Kier alpha value is -2.11. The lowest BCUT2D eigenvalue weighted by Crippen LogP contribution is -2.34. The molecule has 0 spiro atoms. The summed E-state index contributed by atoms with van der Waals surface area (Å²) in [7, 11) is 0. The van der Waals surface area contributed by atoms with Crippen LogP contribution in [0.15, 0.2) is 29.4 Å². The first-order valence-electron chi connectivity index (χ1n) is 5.96. The smallest absolute Gasteiger partial charge is 0.318 e. The number of esters is 1. The molecule has 0 unspecified atom stereocenters. The molecule has 0 bridgehead atoms. The maximum absolute atomic E-state index is 13.6. The summed E-state index contributed by atoms with van der Waals surface area (Å²) in [5.74, 6) is -1.60. The largest absolute Gasteiger partial charge is 0.460 e. The molecule has 6 nitrogen and oxygen atoms in total. The van der Waals surface area contributed by atoms with Crippen molar-refractivity contribution in [3.63, 3.8) is 0 Å². The van der Waals surface area contributed by atoms with E-state index in [0.717, 1.165) is 6.07 Å². The van der Waals surface area contributed by atoms with E-state index in [4.69, 9.17) is 10.3 Å². The molecule has 20 heavy (non-hydrogen) atoms. The number of ether oxygens (including phenoxy) is 1. The van der Waals surface area contributed by atoms with Gasteiger partial charge in [-0.2, -0.15) is 0 Å². The average molecular weight is 281 g/mol. The van der Waals surface area contributed by atoms with Gasteiger partial charge in [0.2, 0.25) is 0 Å². The van der Waals surface area contributed by atoms with Gasteiger partial charge >= 0.3 is 5.97 Å². The molecule has 0 aliphatic rings. The molecule has 0 fully saturated rings. The number of carbonyl (C=O) groups is 1. The van der Waals surface area contributed by atoms with Crippen molar-refractivity contribution in [1.82, 2.24) is 0 Å². The number of azide groups is 1. The van der Waals surface area contributed by atoms with E-state index >= 15 is 0 Å². The number of hydrogen-bond donors (Lipinski definition) is 1. The Morgan fingerprint density at radius 2 is 2.05 bits per heavy atom. The Morgan fingerprint density at radius 1 is 1.45 bits per heavy atom. The molecule has 0 heterocycles. The predicted molar refractivity (Wildman–Crippen MR) is 70.1 cm³/mol. The van der Waals surface area contributed by atoms with E-state index in [0.29, 0.717) is 0 Å². The molecule has 0 aliphatic carbocycles. The molecule has 0 saturated carbocycles. The third-order valence-electron chi connectivity index (χ3n) is 2.35. The summed E-state index contributed by atoms with van der Waals surface area (Å²) >= 11 is 0. The number of nitrogens with zero attached hydrogens (tertiary/aromatic N) is 3. The topological polar surface area (TPSA) is 95.3 Å². The van der Waals surface area contributed by atoms with Gasteiger partial charge in [0.15, 0.2) is 6.04 Å². The highest BCUT2D eigenvalue weighted by Crippen LogP contribution is 2.24. The molecular weight excluding hydrogens is 265 g/mol. The van der Waals surface area contributed by atoms with Crippen LogP contribution in [0.1, 0.15) is 32.4 Å². The van der Waals surface area contributed by atoms with Gasteiger partial charge in [0.1, 0.15) is 17.5 Å². The quantitative estimate of drug-likeness (QED) is 0.398.